The van der Waals surface area contributed by atoms with Gasteiger partial charge in [-0.2, -0.15) is 0 Å². The van der Waals surface area contributed by atoms with Crippen molar-refractivity contribution in [1.29, 1.82) is 0 Å². The van der Waals surface area contributed by atoms with Gasteiger partial charge in [0.2, 0.25) is 0 Å². The van der Waals surface area contributed by atoms with Crippen LogP contribution < -0.4 is 0 Å². The van der Waals surface area contributed by atoms with Gasteiger partial charge in [-0.05, 0) is 46.3 Å². The van der Waals surface area contributed by atoms with Crippen LogP contribution in [0.4, 0.5) is 0 Å². The maximum Gasteiger partial charge on any atom is 0.258 e. The molecule has 3 rings (SSSR count). The van der Waals surface area contributed by atoms with E-state index in [2.05, 4.69) is 9.97 Å². The summed E-state index contributed by atoms with van der Waals surface area (Å²) in [6.45, 7) is 6.57. The number of hydrogen-bond donors (Lipinski definition) is 0. The van der Waals surface area contributed by atoms with Crippen molar-refractivity contribution < 1.29 is 9.53 Å². The van der Waals surface area contributed by atoms with Crippen molar-refractivity contribution >= 4 is 17.7 Å². The van der Waals surface area contributed by atoms with Gasteiger partial charge in [0.05, 0.1) is 17.4 Å². The molecule has 1 spiro atoms. The molecule has 2 saturated carbocycles. The molecular weight excluding hydrogens is 322 g/mol. The van der Waals surface area contributed by atoms with E-state index in [4.69, 9.17) is 4.74 Å². The maximum atomic E-state index is 13.2. The summed E-state index contributed by atoms with van der Waals surface area (Å²) in [5, 5.41) is 0.778. The van der Waals surface area contributed by atoms with Gasteiger partial charge in [-0.25, -0.2) is 9.97 Å². The number of nitrogens with zero attached hydrogens (tertiary/aromatic N) is 3. The molecule has 0 N–H and O–H groups in total. The standard InChI is InChI=1S/C18H27N3O2S/c1-6-23-14-10-13(18(14)8-7-9-18)21(4)17(22)15-11(2)19-12(3)20-16(15)24-5/h13-14H,6-10H2,1-5H3/t13-,14+/m0/s1. The van der Waals surface area contributed by atoms with Gasteiger partial charge in [0.25, 0.3) is 5.91 Å². The molecular formula is C18H27N3O2S. The molecule has 1 amide bonds. The quantitative estimate of drug-likeness (QED) is 0.603. The van der Waals surface area contributed by atoms with Gasteiger partial charge >= 0.3 is 0 Å². The van der Waals surface area contributed by atoms with E-state index in [0.29, 0.717) is 17.5 Å². The van der Waals surface area contributed by atoms with Gasteiger partial charge in [-0.3, -0.25) is 4.79 Å². The van der Waals surface area contributed by atoms with Crippen molar-refractivity contribution in [3.63, 3.8) is 0 Å². The summed E-state index contributed by atoms with van der Waals surface area (Å²) in [5.74, 6) is 0.759. The molecule has 132 valence electrons. The maximum absolute atomic E-state index is 13.2. The Labute approximate surface area is 148 Å². The topological polar surface area (TPSA) is 55.3 Å². The van der Waals surface area contributed by atoms with Crippen molar-refractivity contribution in [2.75, 3.05) is 19.9 Å². The van der Waals surface area contributed by atoms with E-state index in [9.17, 15) is 4.79 Å². The van der Waals surface area contributed by atoms with E-state index >= 15 is 0 Å². The molecule has 0 unspecified atom stereocenters. The second-order valence-electron chi connectivity index (χ2n) is 6.94. The summed E-state index contributed by atoms with van der Waals surface area (Å²) in [6.07, 6.45) is 6.78. The van der Waals surface area contributed by atoms with Crippen LogP contribution in [0.25, 0.3) is 0 Å². The van der Waals surface area contributed by atoms with Crippen LogP contribution in [0.15, 0.2) is 5.03 Å². The summed E-state index contributed by atoms with van der Waals surface area (Å²) in [6, 6.07) is 0.269. The molecule has 2 atom stereocenters. The average molecular weight is 350 g/mol. The first-order chi connectivity index (χ1) is 11.4. The molecule has 0 aromatic carbocycles. The molecule has 0 saturated heterocycles. The Hall–Kier alpha value is -1.14. The number of thioether (sulfide) groups is 1. The predicted molar refractivity (Wildman–Crippen MR) is 95.5 cm³/mol. The van der Waals surface area contributed by atoms with Crippen LogP contribution in [0.2, 0.25) is 0 Å². The zero-order valence-electron chi connectivity index (χ0n) is 15.3. The average Bonchev–Trinajstić information content (AvgIpc) is 2.47. The third kappa shape index (κ3) is 2.64. The lowest BCUT2D eigenvalue weighted by Gasteiger charge is -2.63. The van der Waals surface area contributed by atoms with Crippen LogP contribution in [-0.4, -0.2) is 52.8 Å². The lowest BCUT2D eigenvalue weighted by atomic mass is 9.50. The van der Waals surface area contributed by atoms with E-state index in [-0.39, 0.29) is 17.4 Å². The Bertz CT molecular complexity index is 645. The van der Waals surface area contributed by atoms with Gasteiger partial charge in [0.1, 0.15) is 10.9 Å². The summed E-state index contributed by atoms with van der Waals surface area (Å²) in [4.78, 5) is 24.0. The molecule has 5 nitrogen and oxygen atoms in total. The van der Waals surface area contributed by atoms with Crippen LogP contribution in [0.3, 0.4) is 0 Å². The largest absolute Gasteiger partial charge is 0.378 e. The number of rotatable bonds is 5. The number of amides is 1. The van der Waals surface area contributed by atoms with E-state index in [1.807, 2.05) is 39.0 Å². The molecule has 0 radical (unpaired) electrons. The van der Waals surface area contributed by atoms with Crippen LogP contribution in [0, 0.1) is 19.3 Å². The van der Waals surface area contributed by atoms with Crippen molar-refractivity contribution in [3.05, 3.63) is 17.1 Å². The predicted octanol–water partition coefficient (Wildman–Crippen LogP) is 3.24. The number of aryl methyl sites for hydroxylation is 2. The zero-order valence-corrected chi connectivity index (χ0v) is 16.1. The SMILES string of the molecule is CCO[C@@H]1C[C@H](N(C)C(=O)c2c(C)nc(C)nc2SC)C12CCC2. The van der Waals surface area contributed by atoms with E-state index in [1.165, 1.54) is 31.0 Å². The third-order valence-electron chi connectivity index (χ3n) is 5.76. The lowest BCUT2D eigenvalue weighted by Crippen LogP contribution is -2.67. The Morgan fingerprint density at radius 2 is 2.08 bits per heavy atom. The van der Waals surface area contributed by atoms with Crippen LogP contribution in [0.5, 0.6) is 0 Å². The molecule has 2 aliphatic carbocycles. The second kappa shape index (κ2) is 6.64. The second-order valence-corrected chi connectivity index (χ2v) is 7.73. The van der Waals surface area contributed by atoms with Crippen molar-refractivity contribution in [1.82, 2.24) is 14.9 Å². The minimum atomic E-state index is 0.0445. The Kier molecular flexibility index (Phi) is 4.89. The highest BCUT2D eigenvalue weighted by molar-refractivity contribution is 7.98. The van der Waals surface area contributed by atoms with Crippen LogP contribution in [0.1, 0.15) is 54.5 Å². The first-order valence-corrected chi connectivity index (χ1v) is 9.95. The van der Waals surface area contributed by atoms with Crippen molar-refractivity contribution in [3.8, 4) is 0 Å². The molecule has 1 heterocycles. The fraction of sp³-hybridized carbons (Fsp3) is 0.722. The molecule has 6 heteroatoms. The van der Waals surface area contributed by atoms with Crippen LogP contribution in [-0.2, 0) is 4.74 Å². The highest BCUT2D eigenvalue weighted by Gasteiger charge is 2.61. The normalized spacial score (nSPS) is 24.4. The minimum Gasteiger partial charge on any atom is -0.378 e. The van der Waals surface area contributed by atoms with E-state index < -0.39 is 0 Å². The Morgan fingerprint density at radius 1 is 1.38 bits per heavy atom. The molecule has 24 heavy (non-hydrogen) atoms. The number of aromatic nitrogens is 2. The fourth-order valence-corrected chi connectivity index (χ4v) is 5.00. The van der Waals surface area contributed by atoms with Gasteiger partial charge in [-0.15, -0.1) is 11.8 Å². The number of ether oxygens (including phenoxy) is 1. The summed E-state index contributed by atoms with van der Waals surface area (Å²) in [7, 11) is 1.93. The van der Waals surface area contributed by atoms with Crippen molar-refractivity contribution in [2.24, 2.45) is 5.41 Å². The molecule has 0 aliphatic heterocycles. The number of hydrogen-bond acceptors (Lipinski definition) is 5. The fourth-order valence-electron chi connectivity index (χ4n) is 4.34. The highest BCUT2D eigenvalue weighted by atomic mass is 32.2. The summed E-state index contributed by atoms with van der Waals surface area (Å²) in [5.41, 5.74) is 1.61. The van der Waals surface area contributed by atoms with Gasteiger partial charge in [0, 0.05) is 25.1 Å². The van der Waals surface area contributed by atoms with Gasteiger partial charge in [-0.1, -0.05) is 6.42 Å². The monoisotopic (exact) mass is 349 g/mol. The first-order valence-electron chi connectivity index (χ1n) is 8.72. The summed E-state index contributed by atoms with van der Waals surface area (Å²) < 4.78 is 5.92. The Balaban J connectivity index is 1.84. The number of carbonyl (C=O) groups excluding carboxylic acids is 1. The van der Waals surface area contributed by atoms with E-state index in [0.717, 1.165) is 23.7 Å². The molecule has 0 bridgehead atoms. The highest BCUT2D eigenvalue weighted by Crippen LogP contribution is 2.59. The molecule has 2 aliphatic rings. The minimum absolute atomic E-state index is 0.0445. The third-order valence-corrected chi connectivity index (χ3v) is 6.44. The Morgan fingerprint density at radius 3 is 2.62 bits per heavy atom. The first kappa shape index (κ1) is 17.7. The van der Waals surface area contributed by atoms with Gasteiger partial charge < -0.3 is 9.64 Å². The summed E-state index contributed by atoms with van der Waals surface area (Å²) >= 11 is 1.51. The number of carbonyl (C=O) groups is 1. The van der Waals surface area contributed by atoms with E-state index in [1.54, 1.807) is 0 Å². The molecule has 1 aromatic rings. The molecule has 2 fully saturated rings. The van der Waals surface area contributed by atoms with Crippen molar-refractivity contribution in [2.45, 2.75) is 63.6 Å². The van der Waals surface area contributed by atoms with Gasteiger partial charge in [0.15, 0.2) is 0 Å². The lowest BCUT2D eigenvalue weighted by molar-refractivity contribution is -0.192. The zero-order chi connectivity index (χ0) is 17.5. The smallest absolute Gasteiger partial charge is 0.258 e. The van der Waals surface area contributed by atoms with Crippen LogP contribution >= 0.6 is 11.8 Å². The molecule has 1 aromatic heterocycles.